The topological polar surface area (TPSA) is 96.7 Å². The third kappa shape index (κ3) is 3.76. The quantitative estimate of drug-likeness (QED) is 0.734. The van der Waals surface area contributed by atoms with Gasteiger partial charge >= 0.3 is 0 Å². The molecule has 1 amide bonds. The molecular formula is C19H23N5O2. The molecule has 4 rings (SSSR count). The van der Waals surface area contributed by atoms with Crippen LogP contribution in [0.5, 0.6) is 0 Å². The summed E-state index contributed by atoms with van der Waals surface area (Å²) in [4.78, 5) is 24.2. The van der Waals surface area contributed by atoms with E-state index in [1.54, 1.807) is 0 Å². The minimum Gasteiger partial charge on any atom is -0.347 e. The molecule has 0 saturated heterocycles. The highest BCUT2D eigenvalue weighted by Crippen LogP contribution is 2.30. The Kier molecular flexibility index (Phi) is 4.69. The highest BCUT2D eigenvalue weighted by molar-refractivity contribution is 5.81. The van der Waals surface area contributed by atoms with E-state index in [-0.39, 0.29) is 12.5 Å². The zero-order valence-electron chi connectivity index (χ0n) is 14.9. The Morgan fingerprint density at radius 1 is 1.27 bits per heavy atom. The molecule has 7 heteroatoms. The fraction of sp³-hybridized carbons (Fsp3) is 0.474. The summed E-state index contributed by atoms with van der Waals surface area (Å²) >= 11 is 0. The average Bonchev–Trinajstić information content (AvgIpc) is 3.26. The van der Waals surface area contributed by atoms with Crippen molar-refractivity contribution in [1.82, 2.24) is 25.4 Å². The molecule has 2 heterocycles. The van der Waals surface area contributed by atoms with Gasteiger partial charge in [0.1, 0.15) is 5.82 Å². The number of amides is 1. The second kappa shape index (κ2) is 7.27. The van der Waals surface area contributed by atoms with Gasteiger partial charge in [0.15, 0.2) is 5.82 Å². The van der Waals surface area contributed by atoms with Crippen molar-refractivity contribution < 1.29 is 9.32 Å². The lowest BCUT2D eigenvalue weighted by molar-refractivity contribution is -0.120. The number of benzene rings is 1. The first kappa shape index (κ1) is 16.8. The molecule has 0 spiro atoms. The Morgan fingerprint density at radius 2 is 2.12 bits per heavy atom. The van der Waals surface area contributed by atoms with E-state index in [4.69, 9.17) is 4.52 Å². The number of aryl methyl sites for hydroxylation is 1. The first-order valence-corrected chi connectivity index (χ1v) is 9.22. The van der Waals surface area contributed by atoms with Crippen LogP contribution >= 0.6 is 0 Å². The number of nitrogens with one attached hydrogen (secondary N) is 2. The SMILES string of the molecule is Cc1nc2ccc(CC(=O)NCc3nc(C4CCCCC4)no3)cc2[nH]1. The predicted octanol–water partition coefficient (Wildman–Crippen LogP) is 3.16. The molecule has 0 radical (unpaired) electrons. The minimum absolute atomic E-state index is 0.0713. The molecule has 0 unspecified atom stereocenters. The summed E-state index contributed by atoms with van der Waals surface area (Å²) in [5, 5.41) is 6.95. The molecule has 1 aromatic carbocycles. The minimum atomic E-state index is -0.0713. The summed E-state index contributed by atoms with van der Waals surface area (Å²) in [6.45, 7) is 2.18. The zero-order valence-corrected chi connectivity index (χ0v) is 14.9. The van der Waals surface area contributed by atoms with E-state index in [1.165, 1.54) is 19.3 Å². The van der Waals surface area contributed by atoms with Crippen LogP contribution in [0.25, 0.3) is 11.0 Å². The third-order valence-corrected chi connectivity index (χ3v) is 4.92. The van der Waals surface area contributed by atoms with E-state index >= 15 is 0 Å². The fourth-order valence-electron chi connectivity index (χ4n) is 3.58. The zero-order chi connectivity index (χ0) is 17.9. The maximum absolute atomic E-state index is 12.2. The summed E-state index contributed by atoms with van der Waals surface area (Å²) in [7, 11) is 0. The lowest BCUT2D eigenvalue weighted by Crippen LogP contribution is -2.24. The van der Waals surface area contributed by atoms with Crippen molar-refractivity contribution in [1.29, 1.82) is 0 Å². The number of fused-ring (bicyclic) bond motifs is 1. The third-order valence-electron chi connectivity index (χ3n) is 4.92. The Morgan fingerprint density at radius 3 is 2.96 bits per heavy atom. The van der Waals surface area contributed by atoms with Crippen molar-refractivity contribution in [2.24, 2.45) is 0 Å². The van der Waals surface area contributed by atoms with Crippen molar-refractivity contribution in [2.75, 3.05) is 0 Å². The summed E-state index contributed by atoms with van der Waals surface area (Å²) in [6.07, 6.45) is 6.30. The number of H-pyrrole nitrogens is 1. The second-order valence-electron chi connectivity index (χ2n) is 7.01. The van der Waals surface area contributed by atoms with Gasteiger partial charge in [0.05, 0.1) is 24.0 Å². The largest absolute Gasteiger partial charge is 0.347 e. The molecule has 1 fully saturated rings. The first-order valence-electron chi connectivity index (χ1n) is 9.22. The molecule has 1 aliphatic rings. The number of aromatic amines is 1. The van der Waals surface area contributed by atoms with Crippen LogP contribution in [0.15, 0.2) is 22.7 Å². The molecule has 7 nitrogen and oxygen atoms in total. The first-order chi connectivity index (χ1) is 12.7. The molecule has 2 N–H and O–H groups in total. The van der Waals surface area contributed by atoms with E-state index in [2.05, 4.69) is 25.4 Å². The molecule has 1 aliphatic carbocycles. The summed E-state index contributed by atoms with van der Waals surface area (Å²) in [5.74, 6) is 2.46. The maximum Gasteiger partial charge on any atom is 0.246 e. The molecule has 26 heavy (non-hydrogen) atoms. The van der Waals surface area contributed by atoms with Crippen LogP contribution in [0.1, 0.15) is 61.1 Å². The van der Waals surface area contributed by atoms with E-state index < -0.39 is 0 Å². The molecule has 3 aromatic rings. The van der Waals surface area contributed by atoms with Crippen LogP contribution in [-0.4, -0.2) is 26.0 Å². The summed E-state index contributed by atoms with van der Waals surface area (Å²) in [6, 6.07) is 5.81. The Labute approximate surface area is 151 Å². The van der Waals surface area contributed by atoms with Crippen LogP contribution in [0, 0.1) is 6.92 Å². The molecule has 136 valence electrons. The van der Waals surface area contributed by atoms with Gasteiger partial charge in [-0.3, -0.25) is 4.79 Å². The number of hydrogen-bond donors (Lipinski definition) is 2. The number of aromatic nitrogens is 4. The number of hydrogen-bond acceptors (Lipinski definition) is 5. The van der Waals surface area contributed by atoms with Crippen molar-refractivity contribution in [3.8, 4) is 0 Å². The smallest absolute Gasteiger partial charge is 0.246 e. The monoisotopic (exact) mass is 353 g/mol. The lowest BCUT2D eigenvalue weighted by Gasteiger charge is -2.17. The van der Waals surface area contributed by atoms with Gasteiger partial charge in [-0.25, -0.2) is 4.98 Å². The summed E-state index contributed by atoms with van der Waals surface area (Å²) in [5.41, 5.74) is 2.79. The Balaban J connectivity index is 1.32. The highest BCUT2D eigenvalue weighted by atomic mass is 16.5. The van der Waals surface area contributed by atoms with Gasteiger partial charge < -0.3 is 14.8 Å². The molecular weight excluding hydrogens is 330 g/mol. The van der Waals surface area contributed by atoms with Gasteiger partial charge in [0, 0.05) is 5.92 Å². The fourth-order valence-corrected chi connectivity index (χ4v) is 3.58. The van der Waals surface area contributed by atoms with E-state index in [9.17, 15) is 4.79 Å². The van der Waals surface area contributed by atoms with Crippen LogP contribution < -0.4 is 5.32 Å². The number of rotatable bonds is 5. The standard InChI is InChI=1S/C19H23N5O2/c1-12-21-15-8-7-13(9-16(15)22-12)10-17(25)20-11-18-23-19(24-26-18)14-5-3-2-4-6-14/h7-9,14H,2-6,10-11H2,1H3,(H,20,25)(H,21,22). The highest BCUT2D eigenvalue weighted by Gasteiger charge is 2.21. The van der Waals surface area contributed by atoms with Crippen LogP contribution in [0.2, 0.25) is 0 Å². The molecule has 1 saturated carbocycles. The average molecular weight is 353 g/mol. The van der Waals surface area contributed by atoms with Crippen molar-refractivity contribution >= 4 is 16.9 Å². The second-order valence-corrected chi connectivity index (χ2v) is 7.01. The van der Waals surface area contributed by atoms with Crippen molar-refractivity contribution in [2.45, 2.75) is 57.9 Å². The normalized spacial score (nSPS) is 15.4. The number of carbonyl (C=O) groups is 1. The Bertz CT molecular complexity index is 908. The van der Waals surface area contributed by atoms with E-state index in [0.717, 1.165) is 41.1 Å². The van der Waals surface area contributed by atoms with Gasteiger partial charge in [0.2, 0.25) is 11.8 Å². The van der Waals surface area contributed by atoms with Gasteiger partial charge in [-0.05, 0) is 37.5 Å². The van der Waals surface area contributed by atoms with Crippen LogP contribution in [0.3, 0.4) is 0 Å². The van der Waals surface area contributed by atoms with Crippen LogP contribution in [0.4, 0.5) is 0 Å². The number of nitrogens with zero attached hydrogens (tertiary/aromatic N) is 3. The van der Waals surface area contributed by atoms with E-state index in [0.29, 0.717) is 18.2 Å². The van der Waals surface area contributed by atoms with Crippen molar-refractivity contribution in [3.05, 3.63) is 41.3 Å². The predicted molar refractivity (Wildman–Crippen MR) is 96.5 cm³/mol. The van der Waals surface area contributed by atoms with E-state index in [1.807, 2.05) is 25.1 Å². The number of imidazole rings is 1. The van der Waals surface area contributed by atoms with Gasteiger partial charge in [-0.15, -0.1) is 0 Å². The number of carbonyl (C=O) groups excluding carboxylic acids is 1. The van der Waals surface area contributed by atoms with Crippen molar-refractivity contribution in [3.63, 3.8) is 0 Å². The molecule has 2 aromatic heterocycles. The van der Waals surface area contributed by atoms with Crippen LogP contribution in [-0.2, 0) is 17.8 Å². The van der Waals surface area contributed by atoms with Gasteiger partial charge in [-0.1, -0.05) is 30.5 Å². The molecule has 0 aliphatic heterocycles. The molecule has 0 bridgehead atoms. The summed E-state index contributed by atoms with van der Waals surface area (Å²) < 4.78 is 5.29. The maximum atomic E-state index is 12.2. The molecule has 0 atom stereocenters. The Hall–Kier alpha value is -2.70. The van der Waals surface area contributed by atoms with Gasteiger partial charge in [0.25, 0.3) is 0 Å². The van der Waals surface area contributed by atoms with Gasteiger partial charge in [-0.2, -0.15) is 4.98 Å². The lowest BCUT2D eigenvalue weighted by atomic mass is 9.89.